The van der Waals surface area contributed by atoms with Crippen molar-refractivity contribution in [2.24, 2.45) is 10.7 Å². The smallest absolute Gasteiger partial charge is 0.210 e. The summed E-state index contributed by atoms with van der Waals surface area (Å²) in [6.07, 6.45) is 5.82. The molecular formula is C19H23N5O3. The molecular weight excluding hydrogens is 346 g/mol. The zero-order valence-electron chi connectivity index (χ0n) is 15.4. The number of hydrogen-bond acceptors (Lipinski definition) is 8. The zero-order chi connectivity index (χ0) is 18.9. The van der Waals surface area contributed by atoms with Gasteiger partial charge in [-0.2, -0.15) is 0 Å². The summed E-state index contributed by atoms with van der Waals surface area (Å²) in [5.74, 6) is 2.31. The molecule has 1 atom stereocenters. The Balaban J connectivity index is 1.53. The Morgan fingerprint density at radius 2 is 2.19 bits per heavy atom. The van der Waals surface area contributed by atoms with Gasteiger partial charge in [0.1, 0.15) is 23.9 Å². The Kier molecular flexibility index (Phi) is 4.49. The van der Waals surface area contributed by atoms with E-state index >= 15 is 0 Å². The Bertz CT molecular complexity index is 887. The van der Waals surface area contributed by atoms with Gasteiger partial charge in [-0.3, -0.25) is 5.73 Å². The molecule has 1 aliphatic heterocycles. The summed E-state index contributed by atoms with van der Waals surface area (Å²) < 4.78 is 16.7. The molecule has 1 aromatic carbocycles. The largest absolute Gasteiger partial charge is 0.493 e. The lowest BCUT2D eigenvalue weighted by Crippen LogP contribution is -2.51. The van der Waals surface area contributed by atoms with E-state index in [4.69, 9.17) is 19.7 Å². The number of rotatable bonds is 7. The molecule has 1 fully saturated rings. The molecule has 0 radical (unpaired) electrons. The minimum atomic E-state index is -1.09. The van der Waals surface area contributed by atoms with Crippen molar-refractivity contribution in [3.63, 3.8) is 0 Å². The molecule has 8 heteroatoms. The minimum Gasteiger partial charge on any atom is -0.493 e. The molecule has 2 aromatic rings. The molecule has 0 saturated heterocycles. The van der Waals surface area contributed by atoms with Crippen LogP contribution in [0.4, 0.5) is 0 Å². The minimum absolute atomic E-state index is 0.284. The van der Waals surface area contributed by atoms with Gasteiger partial charge in [0.2, 0.25) is 5.79 Å². The highest BCUT2D eigenvalue weighted by atomic mass is 16.5. The lowest BCUT2D eigenvalue weighted by atomic mass is 10.1. The highest BCUT2D eigenvalue weighted by molar-refractivity contribution is 5.73. The number of nitrogens with zero attached hydrogens (tertiary/aromatic N) is 2. The average Bonchev–Trinajstić information content (AvgIpc) is 3.44. The number of aromatic nitrogens is 1. The van der Waals surface area contributed by atoms with Gasteiger partial charge in [0, 0.05) is 30.8 Å². The topological polar surface area (TPSA) is 107 Å². The van der Waals surface area contributed by atoms with E-state index < -0.39 is 5.79 Å². The molecule has 1 unspecified atom stereocenters. The fraction of sp³-hybridized carbons (Fsp3) is 0.368. The van der Waals surface area contributed by atoms with Crippen LogP contribution in [0, 0.1) is 0 Å². The van der Waals surface area contributed by atoms with E-state index in [1.54, 1.807) is 13.3 Å². The second-order valence-electron chi connectivity index (χ2n) is 6.65. The summed E-state index contributed by atoms with van der Waals surface area (Å²) in [5, 5.41) is 10.3. The standard InChI is InChI=1S/C19H23N5O3/c1-21-18-7-8-22-19(20,23-18)13-5-6-15(25-2)17(9-13)26-11-14-10-16(27-24-14)12-3-4-12/h5-10,12,21,23H,3-4,11,20H2,1-2H3. The van der Waals surface area contributed by atoms with Crippen LogP contribution >= 0.6 is 0 Å². The number of nitrogens with one attached hydrogen (secondary N) is 2. The van der Waals surface area contributed by atoms with Crippen molar-refractivity contribution in [1.82, 2.24) is 15.8 Å². The molecule has 0 spiro atoms. The van der Waals surface area contributed by atoms with Crippen molar-refractivity contribution in [1.29, 1.82) is 0 Å². The highest BCUT2D eigenvalue weighted by Crippen LogP contribution is 2.40. The molecule has 27 heavy (non-hydrogen) atoms. The Morgan fingerprint density at radius 3 is 2.93 bits per heavy atom. The van der Waals surface area contributed by atoms with Gasteiger partial charge in [0.15, 0.2) is 11.5 Å². The molecule has 0 amide bonds. The quantitative estimate of drug-likeness (QED) is 0.685. The van der Waals surface area contributed by atoms with Gasteiger partial charge in [0.25, 0.3) is 0 Å². The zero-order valence-corrected chi connectivity index (χ0v) is 15.4. The van der Waals surface area contributed by atoms with E-state index in [-0.39, 0.29) is 6.61 Å². The average molecular weight is 369 g/mol. The van der Waals surface area contributed by atoms with Gasteiger partial charge in [-0.05, 0) is 37.1 Å². The van der Waals surface area contributed by atoms with E-state index in [2.05, 4.69) is 20.8 Å². The van der Waals surface area contributed by atoms with Crippen molar-refractivity contribution in [3.8, 4) is 11.5 Å². The fourth-order valence-corrected chi connectivity index (χ4v) is 2.94. The van der Waals surface area contributed by atoms with Gasteiger partial charge in [-0.25, -0.2) is 4.99 Å². The third-order valence-electron chi connectivity index (χ3n) is 4.65. The maximum Gasteiger partial charge on any atom is 0.210 e. The maximum absolute atomic E-state index is 6.44. The van der Waals surface area contributed by atoms with E-state index in [9.17, 15) is 0 Å². The van der Waals surface area contributed by atoms with E-state index in [0.717, 1.165) is 22.8 Å². The molecule has 0 bridgehead atoms. The van der Waals surface area contributed by atoms with Crippen molar-refractivity contribution < 1.29 is 14.0 Å². The van der Waals surface area contributed by atoms with Crippen LogP contribution in [-0.2, 0) is 12.4 Å². The number of methoxy groups -OCH3 is 1. The summed E-state index contributed by atoms with van der Waals surface area (Å²) in [6.45, 7) is 0.284. The second kappa shape index (κ2) is 6.96. The fourth-order valence-electron chi connectivity index (χ4n) is 2.94. The van der Waals surface area contributed by atoms with Crippen LogP contribution in [0.15, 0.2) is 45.7 Å². The number of hydrogen-bond donors (Lipinski definition) is 3. The number of allylic oxidation sites excluding steroid dienone is 1. The molecule has 8 nitrogen and oxygen atoms in total. The molecule has 4 N–H and O–H groups in total. The predicted octanol–water partition coefficient (Wildman–Crippen LogP) is 1.94. The third-order valence-corrected chi connectivity index (χ3v) is 4.65. The molecule has 2 aliphatic rings. The van der Waals surface area contributed by atoms with Crippen LogP contribution in [0.2, 0.25) is 0 Å². The normalized spacial score (nSPS) is 21.4. The van der Waals surface area contributed by atoms with E-state index in [1.807, 2.05) is 37.4 Å². The Hall–Kier alpha value is -3.00. The van der Waals surface area contributed by atoms with Crippen LogP contribution in [-0.4, -0.2) is 25.5 Å². The SMILES string of the molecule is CNC1=CC=NC(N)(c2ccc(OC)c(OCc3cc(C4CC4)on3)c2)N1. The van der Waals surface area contributed by atoms with Gasteiger partial charge >= 0.3 is 0 Å². The molecule has 142 valence electrons. The maximum atomic E-state index is 6.44. The second-order valence-corrected chi connectivity index (χ2v) is 6.65. The molecule has 2 heterocycles. The number of aliphatic imine (C=N–C) groups is 1. The molecule has 4 rings (SSSR count). The van der Waals surface area contributed by atoms with Gasteiger partial charge in [-0.15, -0.1) is 0 Å². The van der Waals surface area contributed by atoms with Crippen molar-refractivity contribution in [3.05, 3.63) is 53.2 Å². The summed E-state index contributed by atoms with van der Waals surface area (Å²) in [7, 11) is 3.41. The summed E-state index contributed by atoms with van der Waals surface area (Å²) in [4.78, 5) is 4.38. The van der Waals surface area contributed by atoms with Crippen LogP contribution in [0.25, 0.3) is 0 Å². The molecule has 1 saturated carbocycles. The van der Waals surface area contributed by atoms with Gasteiger partial charge < -0.3 is 24.6 Å². The van der Waals surface area contributed by atoms with Gasteiger partial charge in [0.05, 0.1) is 7.11 Å². The molecule has 1 aromatic heterocycles. The summed E-state index contributed by atoms with van der Waals surface area (Å²) >= 11 is 0. The van der Waals surface area contributed by atoms with Crippen molar-refractivity contribution in [2.45, 2.75) is 31.2 Å². The Labute approximate surface area is 157 Å². The first-order valence-corrected chi connectivity index (χ1v) is 8.88. The van der Waals surface area contributed by atoms with Gasteiger partial charge in [-0.1, -0.05) is 5.16 Å². The third kappa shape index (κ3) is 3.61. The first-order chi connectivity index (χ1) is 13.1. The number of nitrogens with two attached hydrogens (primary N) is 1. The highest BCUT2D eigenvalue weighted by Gasteiger charge is 2.30. The first-order valence-electron chi connectivity index (χ1n) is 8.88. The number of benzene rings is 1. The van der Waals surface area contributed by atoms with Crippen LogP contribution in [0.5, 0.6) is 11.5 Å². The van der Waals surface area contributed by atoms with Crippen molar-refractivity contribution >= 4 is 6.21 Å². The lowest BCUT2D eigenvalue weighted by molar-refractivity contribution is 0.269. The van der Waals surface area contributed by atoms with E-state index in [1.165, 1.54) is 12.8 Å². The van der Waals surface area contributed by atoms with Crippen LogP contribution in [0.1, 0.15) is 35.8 Å². The Morgan fingerprint density at radius 1 is 1.33 bits per heavy atom. The lowest BCUT2D eigenvalue weighted by Gasteiger charge is -2.31. The van der Waals surface area contributed by atoms with E-state index in [0.29, 0.717) is 17.4 Å². The predicted molar refractivity (Wildman–Crippen MR) is 100 cm³/mol. The first kappa shape index (κ1) is 17.4. The monoisotopic (exact) mass is 369 g/mol. The van der Waals surface area contributed by atoms with Crippen molar-refractivity contribution in [2.75, 3.05) is 14.2 Å². The summed E-state index contributed by atoms with van der Waals surface area (Å²) in [5.41, 5.74) is 7.94. The number of ether oxygens (including phenoxy) is 2. The molecule has 1 aliphatic carbocycles. The van der Waals surface area contributed by atoms with Crippen LogP contribution in [0.3, 0.4) is 0 Å². The summed E-state index contributed by atoms with van der Waals surface area (Å²) in [6, 6.07) is 7.45. The van der Waals surface area contributed by atoms with Crippen LogP contribution < -0.4 is 25.8 Å².